The van der Waals surface area contributed by atoms with Crippen molar-refractivity contribution in [2.45, 2.75) is 19.4 Å². The van der Waals surface area contributed by atoms with Gasteiger partial charge in [-0.1, -0.05) is 12.1 Å². The van der Waals surface area contributed by atoms with Crippen molar-refractivity contribution < 1.29 is 4.74 Å². The Morgan fingerprint density at radius 3 is 2.72 bits per heavy atom. The number of ether oxygens (including phenoxy) is 1. The van der Waals surface area contributed by atoms with Gasteiger partial charge in [0, 0.05) is 25.0 Å². The summed E-state index contributed by atoms with van der Waals surface area (Å²) in [7, 11) is 0. The topological polar surface area (TPSA) is 34.2 Å². The fourth-order valence-electron chi connectivity index (χ4n) is 1.92. The van der Waals surface area contributed by atoms with Gasteiger partial charge in [-0.15, -0.1) is 11.3 Å². The van der Waals surface area contributed by atoms with E-state index in [-0.39, 0.29) is 0 Å². The first-order chi connectivity index (χ1) is 8.81. The molecule has 1 atom stereocenters. The molecule has 94 valence electrons. The van der Waals surface area contributed by atoms with Crippen LogP contribution in [0.15, 0.2) is 30.5 Å². The van der Waals surface area contributed by atoms with Gasteiger partial charge < -0.3 is 10.1 Å². The summed E-state index contributed by atoms with van der Waals surface area (Å²) in [5, 5.41) is 4.50. The van der Waals surface area contributed by atoms with E-state index in [2.05, 4.69) is 34.6 Å². The summed E-state index contributed by atoms with van der Waals surface area (Å²) in [6.07, 6.45) is 3.50. The van der Waals surface area contributed by atoms with Crippen LogP contribution in [0.2, 0.25) is 0 Å². The number of anilines is 1. The molecule has 3 rings (SSSR count). The lowest BCUT2D eigenvalue weighted by Crippen LogP contribution is -2.33. The molecule has 2 aromatic rings. The number of hydrogen-bond acceptors (Lipinski definition) is 4. The Balaban J connectivity index is 1.64. The smallest absolute Gasteiger partial charge is 0.0900 e. The minimum absolute atomic E-state index is 0.397. The van der Waals surface area contributed by atoms with Crippen molar-refractivity contribution in [1.82, 2.24) is 4.98 Å². The van der Waals surface area contributed by atoms with Gasteiger partial charge in [-0.05, 0) is 31.0 Å². The van der Waals surface area contributed by atoms with E-state index in [4.69, 9.17) is 4.74 Å². The Labute approximate surface area is 111 Å². The lowest BCUT2D eigenvalue weighted by atomic mass is 10.1. The number of rotatable bonds is 4. The summed E-state index contributed by atoms with van der Waals surface area (Å²) < 4.78 is 5.38. The minimum Gasteiger partial charge on any atom is -0.382 e. The Kier molecular flexibility index (Phi) is 3.30. The Hall–Kier alpha value is -1.39. The maximum atomic E-state index is 5.38. The number of aromatic nitrogens is 1. The van der Waals surface area contributed by atoms with Gasteiger partial charge in [-0.2, -0.15) is 0 Å². The van der Waals surface area contributed by atoms with Crippen LogP contribution in [-0.2, 0) is 4.74 Å². The number of hydrogen-bond donors (Lipinski definition) is 1. The normalized spacial score (nSPS) is 18.4. The molecule has 0 radical (unpaired) electrons. The molecule has 2 heterocycles. The molecular formula is C14H16N2OS. The average molecular weight is 260 g/mol. The van der Waals surface area contributed by atoms with Crippen LogP contribution < -0.4 is 5.32 Å². The highest BCUT2D eigenvalue weighted by Gasteiger charge is 2.17. The van der Waals surface area contributed by atoms with E-state index in [0.717, 1.165) is 23.8 Å². The molecular weight excluding hydrogens is 244 g/mol. The van der Waals surface area contributed by atoms with Crippen LogP contribution in [0.5, 0.6) is 0 Å². The third-order valence-electron chi connectivity index (χ3n) is 3.12. The van der Waals surface area contributed by atoms with Crippen molar-refractivity contribution in [3.63, 3.8) is 0 Å². The molecule has 1 aliphatic rings. The maximum absolute atomic E-state index is 5.38. The highest BCUT2D eigenvalue weighted by atomic mass is 32.1. The second kappa shape index (κ2) is 5.08. The fraction of sp³-hybridized carbons (Fsp3) is 0.357. The number of nitrogens with zero attached hydrogens (tertiary/aromatic N) is 1. The van der Waals surface area contributed by atoms with E-state index in [1.54, 1.807) is 11.3 Å². The molecule has 1 fully saturated rings. The summed E-state index contributed by atoms with van der Waals surface area (Å²) in [4.78, 5) is 5.50. The monoisotopic (exact) mass is 260 g/mol. The summed E-state index contributed by atoms with van der Waals surface area (Å²) in [5.41, 5.74) is 2.38. The fourth-order valence-corrected chi connectivity index (χ4v) is 2.71. The summed E-state index contributed by atoms with van der Waals surface area (Å²) in [6.45, 7) is 3.84. The summed E-state index contributed by atoms with van der Waals surface area (Å²) in [6, 6.07) is 8.50. The lowest BCUT2D eigenvalue weighted by Gasteiger charge is -2.26. The molecule has 1 aromatic carbocycles. The van der Waals surface area contributed by atoms with Crippen molar-refractivity contribution in [1.29, 1.82) is 0 Å². The molecule has 0 spiro atoms. The number of thiazole rings is 1. The predicted octanol–water partition coefficient (Wildman–Crippen LogP) is 3.32. The molecule has 1 unspecified atom stereocenters. The second-order valence-electron chi connectivity index (χ2n) is 4.48. The van der Waals surface area contributed by atoms with Crippen LogP contribution in [0.3, 0.4) is 0 Å². The molecule has 0 amide bonds. The van der Waals surface area contributed by atoms with Crippen LogP contribution in [-0.4, -0.2) is 24.2 Å². The SMILES string of the molecule is Cc1ncc(-c2ccc(NCC3CCO3)cc2)s1. The summed E-state index contributed by atoms with van der Waals surface area (Å²) in [5.74, 6) is 0. The molecule has 1 saturated heterocycles. The predicted molar refractivity (Wildman–Crippen MR) is 75.1 cm³/mol. The molecule has 0 saturated carbocycles. The van der Waals surface area contributed by atoms with Gasteiger partial charge >= 0.3 is 0 Å². The lowest BCUT2D eigenvalue weighted by molar-refractivity contribution is -0.0410. The van der Waals surface area contributed by atoms with Gasteiger partial charge in [0.2, 0.25) is 0 Å². The zero-order valence-electron chi connectivity index (χ0n) is 10.3. The molecule has 4 heteroatoms. The van der Waals surface area contributed by atoms with Crippen LogP contribution in [0, 0.1) is 6.92 Å². The van der Waals surface area contributed by atoms with Crippen molar-refractivity contribution >= 4 is 17.0 Å². The van der Waals surface area contributed by atoms with Gasteiger partial charge in [0.25, 0.3) is 0 Å². The van der Waals surface area contributed by atoms with Crippen molar-refractivity contribution in [2.24, 2.45) is 0 Å². The van der Waals surface area contributed by atoms with Gasteiger partial charge in [0.05, 0.1) is 16.0 Å². The zero-order chi connectivity index (χ0) is 12.4. The first-order valence-corrected chi connectivity index (χ1v) is 7.01. The first kappa shape index (κ1) is 11.7. The van der Waals surface area contributed by atoms with Crippen LogP contribution in [0.1, 0.15) is 11.4 Å². The Bertz CT molecular complexity index is 517. The number of benzene rings is 1. The van der Waals surface area contributed by atoms with Crippen molar-refractivity contribution in [3.05, 3.63) is 35.5 Å². The molecule has 1 aromatic heterocycles. The average Bonchev–Trinajstić information content (AvgIpc) is 2.75. The highest BCUT2D eigenvalue weighted by Crippen LogP contribution is 2.26. The van der Waals surface area contributed by atoms with Crippen LogP contribution in [0.25, 0.3) is 10.4 Å². The number of aryl methyl sites for hydroxylation is 1. The minimum atomic E-state index is 0.397. The molecule has 1 aliphatic heterocycles. The molecule has 1 N–H and O–H groups in total. The number of nitrogens with one attached hydrogen (secondary N) is 1. The largest absolute Gasteiger partial charge is 0.382 e. The van der Waals surface area contributed by atoms with Gasteiger partial charge in [0.15, 0.2) is 0 Å². The molecule has 18 heavy (non-hydrogen) atoms. The van der Waals surface area contributed by atoms with E-state index in [0.29, 0.717) is 6.10 Å². The van der Waals surface area contributed by atoms with Gasteiger partial charge in [-0.3, -0.25) is 0 Å². The second-order valence-corrected chi connectivity index (χ2v) is 5.72. The van der Waals surface area contributed by atoms with Gasteiger partial charge in [0.1, 0.15) is 0 Å². The quantitative estimate of drug-likeness (QED) is 0.915. The highest BCUT2D eigenvalue weighted by molar-refractivity contribution is 7.15. The van der Waals surface area contributed by atoms with Gasteiger partial charge in [-0.25, -0.2) is 4.98 Å². The van der Waals surface area contributed by atoms with Crippen LogP contribution >= 0.6 is 11.3 Å². The van der Waals surface area contributed by atoms with Crippen molar-refractivity contribution in [2.75, 3.05) is 18.5 Å². The third-order valence-corrected chi connectivity index (χ3v) is 4.08. The summed E-state index contributed by atoms with van der Waals surface area (Å²) >= 11 is 1.73. The van der Waals surface area contributed by atoms with Crippen molar-refractivity contribution in [3.8, 4) is 10.4 Å². The first-order valence-electron chi connectivity index (χ1n) is 6.19. The molecule has 0 bridgehead atoms. The van der Waals surface area contributed by atoms with E-state index >= 15 is 0 Å². The zero-order valence-corrected chi connectivity index (χ0v) is 11.2. The molecule has 0 aliphatic carbocycles. The van der Waals surface area contributed by atoms with E-state index in [9.17, 15) is 0 Å². The maximum Gasteiger partial charge on any atom is 0.0900 e. The van der Waals surface area contributed by atoms with E-state index < -0.39 is 0 Å². The third kappa shape index (κ3) is 2.54. The standard InChI is InChI=1S/C14H16N2OS/c1-10-15-9-14(18-10)11-2-4-12(5-3-11)16-8-13-6-7-17-13/h2-5,9,13,16H,6-8H2,1H3. The molecule has 3 nitrogen and oxygen atoms in total. The van der Waals surface area contributed by atoms with E-state index in [1.807, 2.05) is 13.1 Å². The van der Waals surface area contributed by atoms with E-state index in [1.165, 1.54) is 16.9 Å². The Morgan fingerprint density at radius 1 is 1.39 bits per heavy atom. The van der Waals surface area contributed by atoms with Crippen LogP contribution in [0.4, 0.5) is 5.69 Å². The Morgan fingerprint density at radius 2 is 2.17 bits per heavy atom.